The molecular weight excluding hydrogens is 240 g/mol. The molecule has 0 spiro atoms. The van der Waals surface area contributed by atoms with E-state index in [1.54, 1.807) is 7.11 Å². The van der Waals surface area contributed by atoms with E-state index in [9.17, 15) is 4.79 Å². The van der Waals surface area contributed by atoms with E-state index in [1.165, 1.54) is 12.8 Å². The number of amides is 1. The average molecular weight is 260 g/mol. The molecule has 102 valence electrons. The minimum Gasteiger partial charge on any atom is -0.494 e. The van der Waals surface area contributed by atoms with Gasteiger partial charge in [-0.3, -0.25) is 4.79 Å². The van der Waals surface area contributed by atoms with Crippen LogP contribution in [0.5, 0.6) is 5.75 Å². The van der Waals surface area contributed by atoms with Gasteiger partial charge in [-0.2, -0.15) is 0 Å². The average Bonchev–Trinajstić information content (AvgIpc) is 2.71. The molecule has 1 saturated carbocycles. The molecule has 4 nitrogen and oxygen atoms in total. The highest BCUT2D eigenvalue weighted by molar-refractivity contribution is 5.99. The van der Waals surface area contributed by atoms with E-state index in [0.717, 1.165) is 36.4 Å². The number of rotatable bonds is 1. The summed E-state index contributed by atoms with van der Waals surface area (Å²) < 4.78 is 5.34. The van der Waals surface area contributed by atoms with Crippen molar-refractivity contribution < 1.29 is 9.53 Å². The lowest BCUT2D eigenvalue weighted by atomic mass is 9.94. The maximum absolute atomic E-state index is 12.4. The summed E-state index contributed by atoms with van der Waals surface area (Å²) >= 11 is 0. The fourth-order valence-electron chi connectivity index (χ4n) is 3.16. The first-order valence-electron chi connectivity index (χ1n) is 7.04. The van der Waals surface area contributed by atoms with E-state index in [0.29, 0.717) is 0 Å². The molecule has 1 amide bonds. The lowest BCUT2D eigenvalue weighted by molar-refractivity contribution is -0.120. The first-order valence-corrected chi connectivity index (χ1v) is 7.04. The van der Waals surface area contributed by atoms with Gasteiger partial charge in [0, 0.05) is 6.04 Å². The first-order chi connectivity index (χ1) is 9.29. The monoisotopic (exact) mass is 260 g/mol. The van der Waals surface area contributed by atoms with Crippen molar-refractivity contribution in [3.8, 4) is 5.75 Å². The summed E-state index contributed by atoms with van der Waals surface area (Å²) in [6, 6.07) is 6.08. The van der Waals surface area contributed by atoms with Crippen molar-refractivity contribution in [2.75, 3.05) is 17.7 Å². The van der Waals surface area contributed by atoms with E-state index in [1.807, 2.05) is 18.2 Å². The third kappa shape index (κ3) is 2.27. The van der Waals surface area contributed by atoms with Gasteiger partial charge in [0.1, 0.15) is 11.4 Å². The van der Waals surface area contributed by atoms with E-state index in [2.05, 4.69) is 10.6 Å². The minimum absolute atomic E-state index is 0.0691. The molecule has 1 aliphatic carbocycles. The van der Waals surface area contributed by atoms with E-state index < -0.39 is 0 Å². The molecular formula is C15H20N2O2. The van der Waals surface area contributed by atoms with Gasteiger partial charge in [-0.1, -0.05) is 25.3 Å². The van der Waals surface area contributed by atoms with E-state index in [4.69, 9.17) is 4.74 Å². The van der Waals surface area contributed by atoms with Crippen LogP contribution in [0.15, 0.2) is 18.2 Å². The largest absolute Gasteiger partial charge is 0.494 e. The van der Waals surface area contributed by atoms with Crippen molar-refractivity contribution in [3.05, 3.63) is 18.2 Å². The number of benzene rings is 1. The predicted molar refractivity (Wildman–Crippen MR) is 75.6 cm³/mol. The second kappa shape index (κ2) is 5.11. The summed E-state index contributed by atoms with van der Waals surface area (Å²) in [4.78, 5) is 12.4. The molecule has 0 aromatic heterocycles. The van der Waals surface area contributed by atoms with Gasteiger partial charge in [0.25, 0.3) is 0 Å². The Hall–Kier alpha value is -1.71. The Bertz CT molecular complexity index is 487. The molecule has 1 aromatic rings. The molecule has 2 aliphatic rings. The van der Waals surface area contributed by atoms with Crippen LogP contribution in [0.4, 0.5) is 11.4 Å². The van der Waals surface area contributed by atoms with Crippen LogP contribution in [0.3, 0.4) is 0 Å². The molecule has 4 heteroatoms. The number of hydrogen-bond donors (Lipinski definition) is 2. The summed E-state index contributed by atoms with van der Waals surface area (Å²) in [7, 11) is 1.63. The zero-order valence-corrected chi connectivity index (χ0v) is 11.2. The van der Waals surface area contributed by atoms with Crippen molar-refractivity contribution in [3.63, 3.8) is 0 Å². The maximum Gasteiger partial charge on any atom is 0.229 e. The Kier molecular flexibility index (Phi) is 3.32. The smallest absolute Gasteiger partial charge is 0.229 e. The Labute approximate surface area is 113 Å². The Balaban J connectivity index is 1.98. The third-order valence-electron chi connectivity index (χ3n) is 4.19. The molecule has 0 saturated heterocycles. The molecule has 19 heavy (non-hydrogen) atoms. The molecule has 1 heterocycles. The minimum atomic E-state index is 0.0691. The summed E-state index contributed by atoms with van der Waals surface area (Å²) in [5.74, 6) is 0.914. The molecule has 1 aromatic carbocycles. The Morgan fingerprint density at radius 3 is 2.89 bits per heavy atom. The molecule has 2 unspecified atom stereocenters. The lowest BCUT2D eigenvalue weighted by Gasteiger charge is -2.22. The van der Waals surface area contributed by atoms with Gasteiger partial charge < -0.3 is 15.4 Å². The van der Waals surface area contributed by atoms with Gasteiger partial charge in [0.2, 0.25) is 5.91 Å². The number of ether oxygens (including phenoxy) is 1. The SMILES string of the molecule is COc1cccc2c1NC(=O)C1CCCCCC1N2. The van der Waals surface area contributed by atoms with Crippen molar-refractivity contribution >= 4 is 17.3 Å². The molecule has 1 aliphatic heterocycles. The van der Waals surface area contributed by atoms with Gasteiger partial charge in [-0.05, 0) is 25.0 Å². The van der Waals surface area contributed by atoms with Gasteiger partial charge in [-0.15, -0.1) is 0 Å². The van der Waals surface area contributed by atoms with Gasteiger partial charge >= 0.3 is 0 Å². The highest BCUT2D eigenvalue weighted by atomic mass is 16.5. The summed E-state index contributed by atoms with van der Waals surface area (Å²) in [5, 5.41) is 6.59. The van der Waals surface area contributed by atoms with Crippen LogP contribution < -0.4 is 15.4 Å². The second-order valence-electron chi connectivity index (χ2n) is 5.37. The lowest BCUT2D eigenvalue weighted by Crippen LogP contribution is -2.34. The molecule has 0 bridgehead atoms. The van der Waals surface area contributed by atoms with Gasteiger partial charge in [-0.25, -0.2) is 0 Å². The van der Waals surface area contributed by atoms with E-state index >= 15 is 0 Å². The van der Waals surface area contributed by atoms with Crippen molar-refractivity contribution in [2.45, 2.75) is 38.1 Å². The summed E-state index contributed by atoms with van der Waals surface area (Å²) in [5.41, 5.74) is 1.75. The first kappa shape index (κ1) is 12.3. The van der Waals surface area contributed by atoms with Crippen molar-refractivity contribution in [2.24, 2.45) is 5.92 Å². The Morgan fingerprint density at radius 2 is 2.05 bits per heavy atom. The highest BCUT2D eigenvalue weighted by Gasteiger charge is 2.33. The van der Waals surface area contributed by atoms with Crippen LogP contribution in [0.25, 0.3) is 0 Å². The predicted octanol–water partition coefficient (Wildman–Crippen LogP) is 3.01. The van der Waals surface area contributed by atoms with Crippen LogP contribution in [-0.4, -0.2) is 19.1 Å². The fraction of sp³-hybridized carbons (Fsp3) is 0.533. The summed E-state index contributed by atoms with van der Waals surface area (Å²) in [6.45, 7) is 0. The number of anilines is 2. The van der Waals surface area contributed by atoms with Crippen LogP contribution in [-0.2, 0) is 4.79 Å². The number of methoxy groups -OCH3 is 1. The second-order valence-corrected chi connectivity index (χ2v) is 5.37. The number of nitrogens with one attached hydrogen (secondary N) is 2. The normalized spacial score (nSPS) is 26.1. The van der Waals surface area contributed by atoms with Gasteiger partial charge in [0.15, 0.2) is 0 Å². The fourth-order valence-corrected chi connectivity index (χ4v) is 3.16. The third-order valence-corrected chi connectivity index (χ3v) is 4.19. The van der Waals surface area contributed by atoms with Gasteiger partial charge in [0.05, 0.1) is 18.7 Å². The number of para-hydroxylation sites is 1. The molecule has 1 fully saturated rings. The number of carbonyl (C=O) groups excluding carboxylic acids is 1. The van der Waals surface area contributed by atoms with Crippen molar-refractivity contribution in [1.29, 1.82) is 0 Å². The van der Waals surface area contributed by atoms with E-state index in [-0.39, 0.29) is 17.9 Å². The zero-order valence-electron chi connectivity index (χ0n) is 11.2. The van der Waals surface area contributed by atoms with Crippen molar-refractivity contribution in [1.82, 2.24) is 0 Å². The van der Waals surface area contributed by atoms with Crippen LogP contribution >= 0.6 is 0 Å². The molecule has 3 rings (SSSR count). The molecule has 2 N–H and O–H groups in total. The Morgan fingerprint density at radius 1 is 1.21 bits per heavy atom. The zero-order chi connectivity index (χ0) is 13.2. The maximum atomic E-state index is 12.4. The van der Waals surface area contributed by atoms with Crippen LogP contribution in [0.1, 0.15) is 32.1 Å². The number of carbonyl (C=O) groups is 1. The summed E-state index contributed by atoms with van der Waals surface area (Å²) in [6.07, 6.45) is 5.60. The molecule has 0 radical (unpaired) electrons. The topological polar surface area (TPSA) is 50.4 Å². The molecule has 2 atom stereocenters. The number of hydrogen-bond acceptors (Lipinski definition) is 3. The standard InChI is InChI=1S/C15H20N2O2/c1-19-13-9-5-8-12-14(13)17-15(18)10-6-3-2-4-7-11(10)16-12/h5,8-11,16H,2-4,6-7H2,1H3,(H,17,18). The van der Waals surface area contributed by atoms with Crippen LogP contribution in [0, 0.1) is 5.92 Å². The van der Waals surface area contributed by atoms with Crippen LogP contribution in [0.2, 0.25) is 0 Å². The number of fused-ring (bicyclic) bond motifs is 2. The quantitative estimate of drug-likeness (QED) is 0.816. The highest BCUT2D eigenvalue weighted by Crippen LogP contribution is 2.38.